The van der Waals surface area contributed by atoms with Gasteiger partial charge in [0, 0.05) is 10.9 Å². The summed E-state index contributed by atoms with van der Waals surface area (Å²) in [6, 6.07) is 6.32. The largest absolute Gasteiger partial charge is 0.460 e. The van der Waals surface area contributed by atoms with Gasteiger partial charge in [-0.15, -0.1) is 0 Å². The predicted molar refractivity (Wildman–Crippen MR) is 82.0 cm³/mol. The van der Waals surface area contributed by atoms with Crippen LogP contribution in [0.25, 0.3) is 22.2 Å². The van der Waals surface area contributed by atoms with Crippen molar-refractivity contribution in [3.8, 4) is 11.3 Å². The molecule has 7 nitrogen and oxygen atoms in total. The number of esters is 1. The highest BCUT2D eigenvalue weighted by molar-refractivity contribution is 5.93. The Morgan fingerprint density at radius 3 is 2.83 bits per heavy atom. The van der Waals surface area contributed by atoms with E-state index in [1.54, 1.807) is 25.1 Å². The number of nitrogens with two attached hydrogens (primary N) is 2. The van der Waals surface area contributed by atoms with Gasteiger partial charge >= 0.3 is 5.97 Å². The van der Waals surface area contributed by atoms with Gasteiger partial charge in [-0.1, -0.05) is 0 Å². The first kappa shape index (κ1) is 14.8. The van der Waals surface area contributed by atoms with Crippen molar-refractivity contribution in [1.82, 2.24) is 9.97 Å². The lowest BCUT2D eigenvalue weighted by molar-refractivity contribution is 0.0492. The molecule has 4 N–H and O–H groups in total. The van der Waals surface area contributed by atoms with Crippen molar-refractivity contribution in [3.05, 3.63) is 35.8 Å². The Hall–Kier alpha value is -3.16. The number of anilines is 2. The lowest BCUT2D eigenvalue weighted by atomic mass is 10.1. The molecule has 0 aliphatic carbocycles. The van der Waals surface area contributed by atoms with E-state index in [4.69, 9.17) is 20.6 Å². The molecule has 0 fully saturated rings. The maximum absolute atomic E-state index is 14.1. The first-order chi connectivity index (χ1) is 11.0. The quantitative estimate of drug-likeness (QED) is 0.712. The van der Waals surface area contributed by atoms with E-state index in [1.165, 1.54) is 6.07 Å². The second kappa shape index (κ2) is 5.56. The molecule has 1 aromatic carbocycles. The van der Waals surface area contributed by atoms with E-state index in [-0.39, 0.29) is 29.8 Å². The molecule has 0 aliphatic heterocycles. The van der Waals surface area contributed by atoms with Crippen LogP contribution in [0.2, 0.25) is 0 Å². The average molecular weight is 316 g/mol. The van der Waals surface area contributed by atoms with Gasteiger partial charge in [-0.05, 0) is 31.2 Å². The fourth-order valence-corrected chi connectivity index (χ4v) is 2.17. The molecule has 0 spiro atoms. The summed E-state index contributed by atoms with van der Waals surface area (Å²) in [7, 11) is 0. The van der Waals surface area contributed by atoms with Crippen LogP contribution < -0.4 is 11.5 Å². The first-order valence-corrected chi connectivity index (χ1v) is 6.79. The van der Waals surface area contributed by atoms with Crippen LogP contribution in [0.1, 0.15) is 17.5 Å². The number of fused-ring (bicyclic) bond motifs is 1. The third-order valence-corrected chi connectivity index (χ3v) is 3.16. The van der Waals surface area contributed by atoms with Crippen molar-refractivity contribution in [1.29, 1.82) is 0 Å². The van der Waals surface area contributed by atoms with Gasteiger partial charge in [0.2, 0.25) is 11.7 Å². The van der Waals surface area contributed by atoms with Crippen LogP contribution in [0, 0.1) is 5.82 Å². The molecule has 0 radical (unpaired) electrons. The second-order valence-electron chi connectivity index (χ2n) is 4.71. The Morgan fingerprint density at radius 2 is 2.09 bits per heavy atom. The summed E-state index contributed by atoms with van der Waals surface area (Å²) >= 11 is 0. The molecular formula is C15H13FN4O3. The SMILES string of the molecule is CCOC(=O)c1cc2cc(-c3nc(N)nc(N)c3F)ccc2o1. The van der Waals surface area contributed by atoms with E-state index in [1.807, 2.05) is 0 Å². The molecular weight excluding hydrogens is 303 g/mol. The number of halogens is 1. The molecule has 0 atom stereocenters. The second-order valence-corrected chi connectivity index (χ2v) is 4.71. The topological polar surface area (TPSA) is 117 Å². The number of rotatable bonds is 3. The number of nitrogens with zero attached hydrogens (tertiary/aromatic N) is 2. The summed E-state index contributed by atoms with van der Waals surface area (Å²) in [5, 5.41) is 0.598. The van der Waals surface area contributed by atoms with Crippen molar-refractivity contribution >= 4 is 28.7 Å². The first-order valence-electron chi connectivity index (χ1n) is 6.79. The summed E-state index contributed by atoms with van der Waals surface area (Å²) in [6.07, 6.45) is 0. The molecule has 0 aliphatic rings. The van der Waals surface area contributed by atoms with Crippen LogP contribution in [0.3, 0.4) is 0 Å². The third-order valence-electron chi connectivity index (χ3n) is 3.16. The van der Waals surface area contributed by atoms with Crippen molar-refractivity contribution in [3.63, 3.8) is 0 Å². The molecule has 0 saturated carbocycles. The fraction of sp³-hybridized carbons (Fsp3) is 0.133. The van der Waals surface area contributed by atoms with Crippen LogP contribution in [-0.2, 0) is 4.74 Å². The Bertz CT molecular complexity index is 907. The van der Waals surface area contributed by atoms with E-state index in [0.29, 0.717) is 16.5 Å². The minimum Gasteiger partial charge on any atom is -0.460 e. The van der Waals surface area contributed by atoms with Crippen molar-refractivity contribution in [2.75, 3.05) is 18.1 Å². The van der Waals surface area contributed by atoms with Gasteiger partial charge in [0.15, 0.2) is 11.6 Å². The molecule has 23 heavy (non-hydrogen) atoms. The number of ether oxygens (including phenoxy) is 1. The monoisotopic (exact) mass is 316 g/mol. The Kier molecular flexibility index (Phi) is 3.57. The standard InChI is InChI=1S/C15H13FN4O3/c1-2-22-14(21)10-6-8-5-7(3-4-9(8)23-10)12-11(16)13(17)20-15(18)19-12/h3-6H,2H2,1H3,(H4,17,18,19,20). The van der Waals surface area contributed by atoms with Crippen LogP contribution >= 0.6 is 0 Å². The summed E-state index contributed by atoms with van der Waals surface area (Å²) in [5.74, 6) is -1.70. The van der Waals surface area contributed by atoms with Crippen LogP contribution in [-0.4, -0.2) is 22.5 Å². The van der Waals surface area contributed by atoms with Gasteiger partial charge in [0.25, 0.3) is 0 Å². The summed E-state index contributed by atoms with van der Waals surface area (Å²) in [4.78, 5) is 19.1. The van der Waals surface area contributed by atoms with E-state index in [0.717, 1.165) is 0 Å². The van der Waals surface area contributed by atoms with Gasteiger partial charge in [-0.2, -0.15) is 4.98 Å². The maximum atomic E-state index is 14.1. The molecule has 0 amide bonds. The molecule has 0 bridgehead atoms. The van der Waals surface area contributed by atoms with Crippen LogP contribution in [0.5, 0.6) is 0 Å². The van der Waals surface area contributed by atoms with Crippen LogP contribution in [0.4, 0.5) is 16.2 Å². The average Bonchev–Trinajstić information content (AvgIpc) is 2.94. The van der Waals surface area contributed by atoms with Crippen molar-refractivity contribution in [2.24, 2.45) is 0 Å². The maximum Gasteiger partial charge on any atom is 0.374 e. The number of carbonyl (C=O) groups excluding carboxylic acids is 1. The number of nitrogen functional groups attached to an aromatic ring is 2. The summed E-state index contributed by atoms with van der Waals surface area (Å²) in [5.41, 5.74) is 11.9. The van der Waals surface area contributed by atoms with Crippen LogP contribution in [0.15, 0.2) is 28.7 Å². The zero-order valence-electron chi connectivity index (χ0n) is 12.2. The fourth-order valence-electron chi connectivity index (χ4n) is 2.17. The van der Waals surface area contributed by atoms with Crippen molar-refractivity contribution < 1.29 is 18.3 Å². The highest BCUT2D eigenvalue weighted by atomic mass is 19.1. The normalized spacial score (nSPS) is 10.9. The highest BCUT2D eigenvalue weighted by Crippen LogP contribution is 2.29. The van der Waals surface area contributed by atoms with E-state index in [9.17, 15) is 9.18 Å². The number of aromatic nitrogens is 2. The number of hydrogen-bond acceptors (Lipinski definition) is 7. The predicted octanol–water partition coefficient (Wildman–Crippen LogP) is 2.37. The number of furan rings is 1. The molecule has 0 unspecified atom stereocenters. The molecule has 2 heterocycles. The Labute approximate surface area is 130 Å². The minimum atomic E-state index is -0.757. The zero-order valence-corrected chi connectivity index (χ0v) is 12.2. The van der Waals surface area contributed by atoms with Crippen molar-refractivity contribution in [2.45, 2.75) is 6.92 Å². The summed E-state index contributed by atoms with van der Waals surface area (Å²) in [6.45, 7) is 1.94. The van der Waals surface area contributed by atoms with E-state index >= 15 is 0 Å². The number of benzene rings is 1. The summed E-state index contributed by atoms with van der Waals surface area (Å²) < 4.78 is 24.4. The van der Waals surface area contributed by atoms with E-state index in [2.05, 4.69) is 9.97 Å². The van der Waals surface area contributed by atoms with Gasteiger partial charge in [0.05, 0.1) is 6.61 Å². The minimum absolute atomic E-state index is 0.0178. The van der Waals surface area contributed by atoms with Gasteiger partial charge in [-0.25, -0.2) is 14.2 Å². The lowest BCUT2D eigenvalue weighted by Crippen LogP contribution is -2.05. The molecule has 3 rings (SSSR count). The highest BCUT2D eigenvalue weighted by Gasteiger charge is 2.16. The lowest BCUT2D eigenvalue weighted by Gasteiger charge is -2.05. The molecule has 3 aromatic rings. The smallest absolute Gasteiger partial charge is 0.374 e. The molecule has 2 aromatic heterocycles. The molecule has 8 heteroatoms. The number of carbonyl (C=O) groups is 1. The number of hydrogen-bond donors (Lipinski definition) is 2. The van der Waals surface area contributed by atoms with E-state index < -0.39 is 11.8 Å². The third kappa shape index (κ3) is 2.66. The Balaban J connectivity index is 2.09. The van der Waals surface area contributed by atoms with Gasteiger partial charge in [-0.3, -0.25) is 0 Å². The molecule has 0 saturated heterocycles. The zero-order chi connectivity index (χ0) is 16.6. The Morgan fingerprint density at radius 1 is 1.30 bits per heavy atom. The molecule has 118 valence electrons. The van der Waals surface area contributed by atoms with Gasteiger partial charge < -0.3 is 20.6 Å². The van der Waals surface area contributed by atoms with Gasteiger partial charge in [0.1, 0.15) is 11.3 Å².